The molecule has 2 fully saturated rings. The van der Waals surface area contributed by atoms with Crippen molar-refractivity contribution in [1.29, 1.82) is 0 Å². The van der Waals surface area contributed by atoms with Crippen molar-refractivity contribution in [3.63, 3.8) is 0 Å². The van der Waals surface area contributed by atoms with E-state index in [1.54, 1.807) is 6.07 Å². The molecule has 0 bridgehead atoms. The number of carbonyl (C=O) groups is 1. The van der Waals surface area contributed by atoms with E-state index in [1.165, 1.54) is 12.8 Å². The van der Waals surface area contributed by atoms with E-state index in [4.69, 9.17) is 4.42 Å². The van der Waals surface area contributed by atoms with Crippen LogP contribution < -0.4 is 0 Å². The van der Waals surface area contributed by atoms with Crippen LogP contribution in [0.15, 0.2) is 16.5 Å². The number of likely N-dealkylation sites (tertiary alicyclic amines) is 1. The van der Waals surface area contributed by atoms with Gasteiger partial charge in [-0.3, -0.25) is 14.6 Å². The maximum absolute atomic E-state index is 12.6. The summed E-state index contributed by atoms with van der Waals surface area (Å²) in [6, 6.07) is 3.73. The van der Waals surface area contributed by atoms with Crippen molar-refractivity contribution in [2.75, 3.05) is 45.9 Å². The fraction of sp³-hybridized carbons (Fsp3) is 0.722. The molecule has 0 spiro atoms. The normalized spacial score (nSPS) is 20.7. The Hall–Kier alpha value is -1.37. The SMILES string of the molecule is CC(C)(CO)N1CCN(C(=O)c2ccc(CN3CCCC3)o2)CC1. The summed E-state index contributed by atoms with van der Waals surface area (Å²) in [7, 11) is 0. The van der Waals surface area contributed by atoms with Gasteiger partial charge in [-0.15, -0.1) is 0 Å². The van der Waals surface area contributed by atoms with Crippen molar-refractivity contribution >= 4 is 5.91 Å². The van der Waals surface area contributed by atoms with Crippen LogP contribution >= 0.6 is 0 Å². The molecule has 1 aromatic heterocycles. The van der Waals surface area contributed by atoms with Crippen LogP contribution in [-0.4, -0.2) is 77.1 Å². The number of hydrogen-bond donors (Lipinski definition) is 1. The van der Waals surface area contributed by atoms with Crippen LogP contribution in [0.4, 0.5) is 0 Å². The number of aliphatic hydroxyl groups excluding tert-OH is 1. The molecule has 3 heterocycles. The number of aliphatic hydroxyl groups is 1. The number of piperazine rings is 1. The third-order valence-electron chi connectivity index (χ3n) is 5.26. The molecule has 2 aliphatic rings. The maximum atomic E-state index is 12.6. The fourth-order valence-corrected chi connectivity index (χ4v) is 3.51. The summed E-state index contributed by atoms with van der Waals surface area (Å²) in [5.74, 6) is 1.29. The molecular weight excluding hydrogens is 306 g/mol. The highest BCUT2D eigenvalue weighted by atomic mass is 16.4. The first-order valence-electron chi connectivity index (χ1n) is 8.96. The van der Waals surface area contributed by atoms with Gasteiger partial charge in [0.25, 0.3) is 5.91 Å². The molecule has 2 saturated heterocycles. The monoisotopic (exact) mass is 335 g/mol. The Kier molecular flexibility index (Phi) is 5.27. The molecule has 6 heteroatoms. The largest absolute Gasteiger partial charge is 0.455 e. The van der Waals surface area contributed by atoms with Gasteiger partial charge in [-0.25, -0.2) is 0 Å². The zero-order valence-corrected chi connectivity index (χ0v) is 14.8. The maximum Gasteiger partial charge on any atom is 0.289 e. The Balaban J connectivity index is 1.54. The average molecular weight is 335 g/mol. The summed E-state index contributed by atoms with van der Waals surface area (Å²) in [6.07, 6.45) is 2.50. The minimum absolute atomic E-state index is 0.0240. The molecule has 1 amide bonds. The van der Waals surface area contributed by atoms with E-state index < -0.39 is 0 Å². The Bertz CT molecular complexity index is 556. The molecule has 24 heavy (non-hydrogen) atoms. The average Bonchev–Trinajstić information content (AvgIpc) is 3.27. The highest BCUT2D eigenvalue weighted by Crippen LogP contribution is 2.19. The van der Waals surface area contributed by atoms with E-state index in [0.29, 0.717) is 18.8 Å². The van der Waals surface area contributed by atoms with Gasteiger partial charge in [0, 0.05) is 31.7 Å². The summed E-state index contributed by atoms with van der Waals surface area (Å²) in [5.41, 5.74) is -0.233. The first-order valence-corrected chi connectivity index (χ1v) is 8.96. The molecule has 3 rings (SSSR count). The van der Waals surface area contributed by atoms with Gasteiger partial charge in [0.1, 0.15) is 5.76 Å². The molecule has 1 aromatic rings. The van der Waals surface area contributed by atoms with Gasteiger partial charge in [-0.05, 0) is 51.9 Å². The van der Waals surface area contributed by atoms with Gasteiger partial charge in [0.05, 0.1) is 13.2 Å². The molecule has 134 valence electrons. The lowest BCUT2D eigenvalue weighted by atomic mass is 10.0. The topological polar surface area (TPSA) is 60.2 Å². The van der Waals surface area contributed by atoms with Crippen molar-refractivity contribution in [3.05, 3.63) is 23.7 Å². The molecule has 1 N–H and O–H groups in total. The summed E-state index contributed by atoms with van der Waals surface area (Å²) in [4.78, 5) is 19.1. The number of furan rings is 1. The third-order valence-corrected chi connectivity index (χ3v) is 5.26. The molecule has 0 unspecified atom stereocenters. The summed E-state index contributed by atoms with van der Waals surface area (Å²) in [5, 5.41) is 9.48. The van der Waals surface area contributed by atoms with Gasteiger partial charge in [0.15, 0.2) is 5.76 Å². The van der Waals surface area contributed by atoms with Crippen LogP contribution in [-0.2, 0) is 6.54 Å². The van der Waals surface area contributed by atoms with E-state index in [0.717, 1.165) is 38.5 Å². The molecule has 2 aliphatic heterocycles. The lowest BCUT2D eigenvalue weighted by Gasteiger charge is -2.42. The zero-order chi connectivity index (χ0) is 17.2. The van der Waals surface area contributed by atoms with Gasteiger partial charge in [0.2, 0.25) is 0 Å². The first kappa shape index (κ1) is 17.5. The number of amides is 1. The van der Waals surface area contributed by atoms with Gasteiger partial charge < -0.3 is 14.4 Å². The standard InChI is InChI=1S/C18H29N3O3/c1-18(2,14-22)21-11-9-20(10-12-21)17(23)16-6-5-15(24-16)13-19-7-3-4-8-19/h5-6,22H,3-4,7-14H2,1-2H3. The number of hydrogen-bond acceptors (Lipinski definition) is 5. The molecule has 0 radical (unpaired) electrons. The zero-order valence-electron chi connectivity index (χ0n) is 14.8. The van der Waals surface area contributed by atoms with Gasteiger partial charge in [-0.2, -0.15) is 0 Å². The van der Waals surface area contributed by atoms with Crippen molar-refractivity contribution < 1.29 is 14.3 Å². The smallest absolute Gasteiger partial charge is 0.289 e. The van der Waals surface area contributed by atoms with Crippen LogP contribution in [0.1, 0.15) is 43.0 Å². The summed E-state index contributed by atoms with van der Waals surface area (Å²) in [6.45, 7) is 10.1. The third kappa shape index (κ3) is 3.82. The highest BCUT2D eigenvalue weighted by Gasteiger charge is 2.31. The van der Waals surface area contributed by atoms with E-state index in [1.807, 2.05) is 24.8 Å². The van der Waals surface area contributed by atoms with Gasteiger partial charge >= 0.3 is 0 Å². The fourth-order valence-electron chi connectivity index (χ4n) is 3.51. The second-order valence-corrected chi connectivity index (χ2v) is 7.50. The minimum Gasteiger partial charge on any atom is -0.455 e. The van der Waals surface area contributed by atoms with E-state index in [2.05, 4.69) is 9.80 Å². The molecular formula is C18H29N3O3. The van der Waals surface area contributed by atoms with Crippen LogP contribution in [0.5, 0.6) is 0 Å². The number of carbonyl (C=O) groups excluding carboxylic acids is 1. The van der Waals surface area contributed by atoms with E-state index >= 15 is 0 Å². The van der Waals surface area contributed by atoms with Crippen LogP contribution in [0.25, 0.3) is 0 Å². The highest BCUT2D eigenvalue weighted by molar-refractivity contribution is 5.91. The van der Waals surface area contributed by atoms with Crippen molar-refractivity contribution in [3.8, 4) is 0 Å². The summed E-state index contributed by atoms with van der Waals surface area (Å²) >= 11 is 0. The Morgan fingerprint density at radius 1 is 1.12 bits per heavy atom. The lowest BCUT2D eigenvalue weighted by molar-refractivity contribution is 0.0152. The van der Waals surface area contributed by atoms with Crippen molar-refractivity contribution in [2.24, 2.45) is 0 Å². The van der Waals surface area contributed by atoms with Crippen molar-refractivity contribution in [2.45, 2.75) is 38.8 Å². The van der Waals surface area contributed by atoms with Crippen LogP contribution in [0.2, 0.25) is 0 Å². The van der Waals surface area contributed by atoms with Crippen LogP contribution in [0, 0.1) is 0 Å². The second kappa shape index (κ2) is 7.25. The molecule has 0 aliphatic carbocycles. The predicted molar refractivity (Wildman–Crippen MR) is 91.9 cm³/mol. The molecule has 6 nitrogen and oxygen atoms in total. The predicted octanol–water partition coefficient (Wildman–Crippen LogP) is 1.40. The molecule has 0 saturated carbocycles. The number of rotatable bonds is 5. The summed E-state index contributed by atoms with van der Waals surface area (Å²) < 4.78 is 5.79. The Morgan fingerprint density at radius 2 is 1.79 bits per heavy atom. The van der Waals surface area contributed by atoms with E-state index in [-0.39, 0.29) is 18.1 Å². The Labute approximate surface area is 144 Å². The van der Waals surface area contributed by atoms with Crippen LogP contribution in [0.3, 0.4) is 0 Å². The second-order valence-electron chi connectivity index (χ2n) is 7.50. The molecule has 0 atom stereocenters. The number of nitrogens with zero attached hydrogens (tertiary/aromatic N) is 3. The first-order chi connectivity index (χ1) is 11.5. The van der Waals surface area contributed by atoms with Crippen molar-refractivity contribution in [1.82, 2.24) is 14.7 Å². The molecule has 0 aromatic carbocycles. The lowest BCUT2D eigenvalue weighted by Crippen LogP contribution is -2.57. The van der Waals surface area contributed by atoms with E-state index in [9.17, 15) is 9.90 Å². The quantitative estimate of drug-likeness (QED) is 0.881. The Morgan fingerprint density at radius 3 is 2.42 bits per heavy atom. The van der Waals surface area contributed by atoms with Gasteiger partial charge in [-0.1, -0.05) is 0 Å². The minimum atomic E-state index is -0.233.